The summed E-state index contributed by atoms with van der Waals surface area (Å²) in [5.41, 5.74) is 2.23. The van der Waals surface area contributed by atoms with Crippen molar-refractivity contribution in [2.75, 3.05) is 32.7 Å². The molecule has 0 bridgehead atoms. The molecule has 1 aliphatic heterocycles. The summed E-state index contributed by atoms with van der Waals surface area (Å²) < 4.78 is 27.4. The Balaban J connectivity index is 1.50. The van der Waals surface area contributed by atoms with Crippen LogP contribution in [0.5, 0.6) is 0 Å². The van der Waals surface area contributed by atoms with E-state index in [2.05, 4.69) is 12.2 Å². The number of hydrogen-bond donors (Lipinski definition) is 2. The van der Waals surface area contributed by atoms with Crippen LogP contribution in [0.3, 0.4) is 0 Å². The number of hydrogen-bond acceptors (Lipinski definition) is 3. The fourth-order valence-electron chi connectivity index (χ4n) is 3.83. The van der Waals surface area contributed by atoms with Gasteiger partial charge in [-0.3, -0.25) is 4.79 Å². The molecule has 0 aliphatic carbocycles. The summed E-state index contributed by atoms with van der Waals surface area (Å²) in [4.78, 5) is 13.9. The fraction of sp³-hybridized carbons (Fsp3) is 0.435. The van der Waals surface area contributed by atoms with E-state index in [1.807, 2.05) is 49.4 Å². The maximum Gasteiger partial charge on any atom is 0.275 e. The Morgan fingerprint density at radius 3 is 2.30 bits per heavy atom. The van der Waals surface area contributed by atoms with Gasteiger partial charge >= 0.3 is 0 Å². The number of nitrogens with one attached hydrogen (secondary N) is 2. The highest BCUT2D eigenvalue weighted by Gasteiger charge is 2.31. The topological polar surface area (TPSA) is 70.9 Å². The third-order valence-electron chi connectivity index (χ3n) is 5.62. The Hall–Kier alpha value is -2.22. The SMILES string of the molecule is CCCc1ccc(S(=O)(=O)N2CC[NH+](CC(=O)N[C@H](C)c3ccccc3)CC2)cc1. The summed E-state index contributed by atoms with van der Waals surface area (Å²) in [6.07, 6.45) is 1.99. The van der Waals surface area contributed by atoms with E-state index in [1.54, 1.807) is 12.1 Å². The molecule has 1 amide bonds. The summed E-state index contributed by atoms with van der Waals surface area (Å²) in [6.45, 7) is 6.54. The van der Waals surface area contributed by atoms with Gasteiger partial charge in [-0.2, -0.15) is 4.31 Å². The summed E-state index contributed by atoms with van der Waals surface area (Å²) >= 11 is 0. The quantitative estimate of drug-likeness (QED) is 0.665. The summed E-state index contributed by atoms with van der Waals surface area (Å²) in [5, 5.41) is 3.03. The van der Waals surface area contributed by atoms with Crippen molar-refractivity contribution in [1.29, 1.82) is 0 Å². The summed E-state index contributed by atoms with van der Waals surface area (Å²) in [5.74, 6) is -0.0100. The lowest BCUT2D eigenvalue weighted by Gasteiger charge is -2.31. The normalized spacial score (nSPS) is 16.9. The fourth-order valence-corrected chi connectivity index (χ4v) is 5.27. The average Bonchev–Trinajstić information content (AvgIpc) is 2.75. The molecule has 1 atom stereocenters. The maximum atomic E-state index is 12.9. The average molecular weight is 431 g/mol. The second kappa shape index (κ2) is 10.2. The standard InChI is InChI=1S/C23H31N3O3S/c1-3-7-20-10-12-22(13-11-20)30(28,29)26-16-14-25(15-17-26)18-23(27)24-19(2)21-8-5-4-6-9-21/h4-6,8-13,19H,3,7,14-18H2,1-2H3,(H,24,27)/p+1/t19-/m1/s1. The zero-order valence-electron chi connectivity index (χ0n) is 17.8. The molecule has 0 unspecified atom stereocenters. The molecular weight excluding hydrogens is 398 g/mol. The van der Waals surface area contributed by atoms with Crippen molar-refractivity contribution in [1.82, 2.24) is 9.62 Å². The molecule has 0 spiro atoms. The van der Waals surface area contributed by atoms with E-state index in [-0.39, 0.29) is 11.9 Å². The van der Waals surface area contributed by atoms with Gasteiger partial charge in [-0.15, -0.1) is 0 Å². The molecule has 0 radical (unpaired) electrons. The summed E-state index contributed by atoms with van der Waals surface area (Å²) in [7, 11) is -3.48. The van der Waals surface area contributed by atoms with Gasteiger partial charge in [0.15, 0.2) is 6.54 Å². The van der Waals surface area contributed by atoms with Crippen molar-refractivity contribution in [3.05, 3.63) is 65.7 Å². The smallest absolute Gasteiger partial charge is 0.275 e. The molecule has 1 heterocycles. The number of aryl methyl sites for hydroxylation is 1. The number of amides is 1. The molecule has 0 aromatic heterocycles. The van der Waals surface area contributed by atoms with E-state index in [1.165, 1.54) is 4.31 Å². The number of sulfonamides is 1. The monoisotopic (exact) mass is 430 g/mol. The van der Waals surface area contributed by atoms with E-state index in [9.17, 15) is 13.2 Å². The first-order valence-electron chi connectivity index (χ1n) is 10.7. The van der Waals surface area contributed by atoms with E-state index in [0.29, 0.717) is 37.6 Å². The number of rotatable bonds is 8. The van der Waals surface area contributed by atoms with Gasteiger partial charge in [0.2, 0.25) is 10.0 Å². The first-order valence-corrected chi connectivity index (χ1v) is 12.1. The van der Waals surface area contributed by atoms with Crippen LogP contribution < -0.4 is 10.2 Å². The highest BCUT2D eigenvalue weighted by molar-refractivity contribution is 7.89. The zero-order valence-corrected chi connectivity index (χ0v) is 18.6. The van der Waals surface area contributed by atoms with Crippen molar-refractivity contribution in [2.45, 2.75) is 37.6 Å². The Morgan fingerprint density at radius 2 is 1.70 bits per heavy atom. The van der Waals surface area contributed by atoms with E-state index < -0.39 is 10.0 Å². The molecule has 1 fully saturated rings. The first kappa shape index (κ1) is 22.5. The van der Waals surface area contributed by atoms with Crippen molar-refractivity contribution in [3.63, 3.8) is 0 Å². The van der Waals surface area contributed by atoms with Crippen molar-refractivity contribution in [2.24, 2.45) is 0 Å². The van der Waals surface area contributed by atoms with Gasteiger partial charge in [-0.25, -0.2) is 8.42 Å². The number of piperazine rings is 1. The third-order valence-corrected chi connectivity index (χ3v) is 7.53. The van der Waals surface area contributed by atoms with Gasteiger partial charge < -0.3 is 10.2 Å². The van der Waals surface area contributed by atoms with Gasteiger partial charge in [0, 0.05) is 0 Å². The lowest BCUT2D eigenvalue weighted by molar-refractivity contribution is -0.895. The molecule has 2 N–H and O–H groups in total. The van der Waals surface area contributed by atoms with Crippen LogP contribution in [0.25, 0.3) is 0 Å². The molecule has 1 saturated heterocycles. The van der Waals surface area contributed by atoms with Crippen LogP contribution in [0, 0.1) is 0 Å². The Labute approximate surface area is 179 Å². The molecule has 30 heavy (non-hydrogen) atoms. The third kappa shape index (κ3) is 5.68. The Morgan fingerprint density at radius 1 is 1.07 bits per heavy atom. The minimum atomic E-state index is -3.48. The highest BCUT2D eigenvalue weighted by Crippen LogP contribution is 2.17. The van der Waals surface area contributed by atoms with Gasteiger partial charge in [0.1, 0.15) is 0 Å². The van der Waals surface area contributed by atoms with Crippen LogP contribution in [0.2, 0.25) is 0 Å². The van der Waals surface area contributed by atoms with E-state index in [4.69, 9.17) is 0 Å². The lowest BCUT2D eigenvalue weighted by atomic mass is 10.1. The molecule has 162 valence electrons. The molecule has 3 rings (SSSR count). The molecule has 7 heteroatoms. The minimum absolute atomic E-state index is 0.0100. The molecule has 6 nitrogen and oxygen atoms in total. The number of quaternary nitrogens is 1. The Bertz CT molecular complexity index is 922. The van der Waals surface area contributed by atoms with E-state index in [0.717, 1.165) is 28.9 Å². The molecule has 1 aliphatic rings. The van der Waals surface area contributed by atoms with Crippen molar-refractivity contribution in [3.8, 4) is 0 Å². The number of carbonyl (C=O) groups is 1. The zero-order chi connectivity index (χ0) is 21.6. The second-order valence-electron chi connectivity index (χ2n) is 7.92. The number of carbonyl (C=O) groups excluding carboxylic acids is 1. The largest absolute Gasteiger partial charge is 0.345 e. The molecule has 2 aromatic carbocycles. The number of nitrogens with zero attached hydrogens (tertiary/aromatic N) is 1. The Kier molecular flexibility index (Phi) is 7.64. The minimum Gasteiger partial charge on any atom is -0.345 e. The molecule has 0 saturated carbocycles. The van der Waals surface area contributed by atoms with Gasteiger partial charge in [-0.05, 0) is 36.6 Å². The molecule has 2 aromatic rings. The van der Waals surface area contributed by atoms with Crippen LogP contribution in [-0.4, -0.2) is 51.4 Å². The van der Waals surface area contributed by atoms with Crippen LogP contribution in [0.15, 0.2) is 59.5 Å². The predicted octanol–water partition coefficient (Wildman–Crippen LogP) is 1.41. The van der Waals surface area contributed by atoms with Crippen molar-refractivity contribution < 1.29 is 18.1 Å². The maximum absolute atomic E-state index is 12.9. The van der Waals surface area contributed by atoms with Gasteiger partial charge in [0.05, 0.1) is 37.1 Å². The first-order chi connectivity index (χ1) is 14.4. The van der Waals surface area contributed by atoms with Crippen LogP contribution in [-0.2, 0) is 21.2 Å². The predicted molar refractivity (Wildman–Crippen MR) is 118 cm³/mol. The van der Waals surface area contributed by atoms with Crippen molar-refractivity contribution >= 4 is 15.9 Å². The lowest BCUT2D eigenvalue weighted by Crippen LogP contribution is -3.15. The summed E-state index contributed by atoms with van der Waals surface area (Å²) in [6, 6.07) is 17.0. The number of benzene rings is 2. The van der Waals surface area contributed by atoms with E-state index >= 15 is 0 Å². The van der Waals surface area contributed by atoms with Crippen LogP contribution in [0.1, 0.15) is 37.4 Å². The van der Waals surface area contributed by atoms with Crippen LogP contribution >= 0.6 is 0 Å². The van der Waals surface area contributed by atoms with Crippen LogP contribution in [0.4, 0.5) is 0 Å². The second-order valence-corrected chi connectivity index (χ2v) is 9.86. The van der Waals surface area contributed by atoms with Gasteiger partial charge in [0.25, 0.3) is 5.91 Å². The van der Waals surface area contributed by atoms with Gasteiger partial charge in [-0.1, -0.05) is 55.8 Å². The highest BCUT2D eigenvalue weighted by atomic mass is 32.2. The molecular formula is C23H32N3O3S+.